The zero-order valence-electron chi connectivity index (χ0n) is 10.5. The zero-order chi connectivity index (χ0) is 12.8. The molecular weight excluding hydrogens is 230 g/mol. The van der Waals surface area contributed by atoms with Crippen LogP contribution in [0.4, 0.5) is 5.69 Å². The fourth-order valence-corrected chi connectivity index (χ4v) is 2.17. The third-order valence-corrected chi connectivity index (χ3v) is 3.14. The van der Waals surface area contributed by atoms with Crippen molar-refractivity contribution in [2.45, 2.75) is 19.3 Å². The Morgan fingerprint density at radius 3 is 2.83 bits per heavy atom. The van der Waals surface area contributed by atoms with Crippen molar-refractivity contribution in [2.75, 3.05) is 31.2 Å². The third kappa shape index (κ3) is 3.74. The number of aryl methyl sites for hydroxylation is 1. The van der Waals surface area contributed by atoms with Gasteiger partial charge in [-0.3, -0.25) is 4.79 Å². The van der Waals surface area contributed by atoms with Crippen molar-refractivity contribution >= 4 is 11.7 Å². The van der Waals surface area contributed by atoms with Crippen LogP contribution in [0, 0.1) is 0 Å². The van der Waals surface area contributed by atoms with E-state index >= 15 is 0 Å². The van der Waals surface area contributed by atoms with Gasteiger partial charge in [-0.25, -0.2) is 0 Å². The number of nitrogens with zero attached hydrogens (tertiary/aromatic N) is 1. The molecule has 4 nitrogen and oxygen atoms in total. The molecule has 1 aliphatic rings. The molecule has 1 aliphatic heterocycles. The standard InChI is InChI=1S/C14H19NO3/c16-14(17)6-2-4-12-3-1-5-13(11-12)15-7-9-18-10-8-15/h1,3,5,11H,2,4,6-10H2,(H,16,17). The van der Waals surface area contributed by atoms with Gasteiger partial charge in [0.25, 0.3) is 0 Å². The molecule has 0 atom stereocenters. The van der Waals surface area contributed by atoms with Gasteiger partial charge in [-0.2, -0.15) is 0 Å². The van der Waals surface area contributed by atoms with E-state index in [9.17, 15) is 4.79 Å². The highest BCUT2D eigenvalue weighted by atomic mass is 16.5. The van der Waals surface area contributed by atoms with E-state index in [0.29, 0.717) is 6.42 Å². The molecule has 2 rings (SSSR count). The van der Waals surface area contributed by atoms with Crippen LogP contribution in [-0.2, 0) is 16.0 Å². The van der Waals surface area contributed by atoms with Gasteiger partial charge < -0.3 is 14.7 Å². The van der Waals surface area contributed by atoms with Crippen LogP contribution in [0.1, 0.15) is 18.4 Å². The molecule has 1 saturated heterocycles. The molecule has 0 aromatic heterocycles. The molecule has 0 unspecified atom stereocenters. The van der Waals surface area contributed by atoms with Crippen LogP contribution < -0.4 is 4.90 Å². The van der Waals surface area contributed by atoms with Crippen molar-refractivity contribution in [1.29, 1.82) is 0 Å². The van der Waals surface area contributed by atoms with E-state index < -0.39 is 5.97 Å². The zero-order valence-corrected chi connectivity index (χ0v) is 10.5. The van der Waals surface area contributed by atoms with Gasteiger partial charge in [0, 0.05) is 25.2 Å². The number of carboxylic acid groups (broad SMARTS) is 1. The topological polar surface area (TPSA) is 49.8 Å². The Hall–Kier alpha value is -1.55. The van der Waals surface area contributed by atoms with Gasteiger partial charge in [0.05, 0.1) is 13.2 Å². The summed E-state index contributed by atoms with van der Waals surface area (Å²) in [6.45, 7) is 3.42. The quantitative estimate of drug-likeness (QED) is 0.866. The van der Waals surface area contributed by atoms with Crippen molar-refractivity contribution in [3.63, 3.8) is 0 Å². The van der Waals surface area contributed by atoms with Crippen LogP contribution in [0.15, 0.2) is 24.3 Å². The van der Waals surface area contributed by atoms with Gasteiger partial charge in [-0.05, 0) is 30.5 Å². The maximum atomic E-state index is 10.5. The number of anilines is 1. The first kappa shape index (κ1) is 12.9. The summed E-state index contributed by atoms with van der Waals surface area (Å²) in [5.41, 5.74) is 2.42. The lowest BCUT2D eigenvalue weighted by Crippen LogP contribution is -2.36. The number of carboxylic acids is 1. The first-order valence-electron chi connectivity index (χ1n) is 6.39. The molecule has 1 heterocycles. The normalized spacial score (nSPS) is 15.7. The Labute approximate surface area is 107 Å². The molecule has 1 N–H and O–H groups in total. The Kier molecular flexibility index (Phi) is 4.59. The highest BCUT2D eigenvalue weighted by Crippen LogP contribution is 2.18. The molecule has 0 radical (unpaired) electrons. The molecule has 1 aromatic carbocycles. The van der Waals surface area contributed by atoms with Gasteiger partial charge in [-0.15, -0.1) is 0 Å². The van der Waals surface area contributed by atoms with E-state index in [1.54, 1.807) is 0 Å². The van der Waals surface area contributed by atoms with Crippen LogP contribution in [0.2, 0.25) is 0 Å². The molecule has 4 heteroatoms. The molecule has 1 fully saturated rings. The first-order valence-corrected chi connectivity index (χ1v) is 6.39. The van der Waals surface area contributed by atoms with Crippen molar-refractivity contribution in [3.8, 4) is 0 Å². The van der Waals surface area contributed by atoms with E-state index in [1.807, 2.05) is 6.07 Å². The molecule has 0 saturated carbocycles. The second kappa shape index (κ2) is 6.40. The maximum absolute atomic E-state index is 10.5. The van der Waals surface area contributed by atoms with Gasteiger partial charge >= 0.3 is 5.97 Å². The van der Waals surface area contributed by atoms with Crippen molar-refractivity contribution in [3.05, 3.63) is 29.8 Å². The summed E-state index contributed by atoms with van der Waals surface area (Å²) in [6.07, 6.45) is 1.76. The van der Waals surface area contributed by atoms with Gasteiger partial charge in [0.2, 0.25) is 0 Å². The van der Waals surface area contributed by atoms with E-state index in [4.69, 9.17) is 9.84 Å². The highest BCUT2D eigenvalue weighted by Gasteiger charge is 2.11. The number of benzene rings is 1. The van der Waals surface area contributed by atoms with E-state index in [2.05, 4.69) is 23.1 Å². The summed E-state index contributed by atoms with van der Waals surface area (Å²) in [4.78, 5) is 12.8. The van der Waals surface area contributed by atoms with Gasteiger partial charge in [0.1, 0.15) is 0 Å². The van der Waals surface area contributed by atoms with Crippen LogP contribution >= 0.6 is 0 Å². The molecular formula is C14H19NO3. The fraction of sp³-hybridized carbons (Fsp3) is 0.500. The first-order chi connectivity index (χ1) is 8.75. The monoisotopic (exact) mass is 249 g/mol. The lowest BCUT2D eigenvalue weighted by atomic mass is 10.1. The summed E-state index contributed by atoms with van der Waals surface area (Å²) < 4.78 is 5.34. The van der Waals surface area contributed by atoms with Gasteiger partial charge in [-0.1, -0.05) is 12.1 Å². The molecule has 1 aromatic rings. The lowest BCUT2D eigenvalue weighted by Gasteiger charge is -2.29. The van der Waals surface area contributed by atoms with Crippen LogP contribution in [0.25, 0.3) is 0 Å². The highest BCUT2D eigenvalue weighted by molar-refractivity contribution is 5.66. The maximum Gasteiger partial charge on any atom is 0.303 e. The van der Waals surface area contributed by atoms with Crippen molar-refractivity contribution < 1.29 is 14.6 Å². The third-order valence-electron chi connectivity index (χ3n) is 3.14. The summed E-state index contributed by atoms with van der Waals surface area (Å²) in [5, 5.41) is 8.63. The number of hydrogen-bond acceptors (Lipinski definition) is 3. The summed E-state index contributed by atoms with van der Waals surface area (Å²) >= 11 is 0. The smallest absolute Gasteiger partial charge is 0.303 e. The number of carbonyl (C=O) groups is 1. The van der Waals surface area contributed by atoms with E-state index in [0.717, 1.165) is 32.7 Å². The average molecular weight is 249 g/mol. The van der Waals surface area contributed by atoms with Crippen LogP contribution in [-0.4, -0.2) is 37.4 Å². The fourth-order valence-electron chi connectivity index (χ4n) is 2.17. The minimum absolute atomic E-state index is 0.238. The summed E-state index contributed by atoms with van der Waals surface area (Å²) in [6, 6.07) is 8.37. The Balaban J connectivity index is 1.93. The Morgan fingerprint density at radius 1 is 1.33 bits per heavy atom. The average Bonchev–Trinajstić information content (AvgIpc) is 2.40. The molecule has 0 aliphatic carbocycles. The predicted molar refractivity (Wildman–Crippen MR) is 70.0 cm³/mol. The van der Waals surface area contributed by atoms with Gasteiger partial charge in [0.15, 0.2) is 0 Å². The SMILES string of the molecule is O=C(O)CCCc1cccc(N2CCOCC2)c1. The number of aliphatic carboxylic acids is 1. The summed E-state index contributed by atoms with van der Waals surface area (Å²) in [5.74, 6) is -0.723. The minimum Gasteiger partial charge on any atom is -0.481 e. The van der Waals surface area contributed by atoms with E-state index in [1.165, 1.54) is 11.3 Å². The largest absolute Gasteiger partial charge is 0.481 e. The molecule has 98 valence electrons. The number of ether oxygens (including phenoxy) is 1. The van der Waals surface area contributed by atoms with Crippen LogP contribution in [0.3, 0.4) is 0 Å². The lowest BCUT2D eigenvalue weighted by molar-refractivity contribution is -0.137. The second-order valence-corrected chi connectivity index (χ2v) is 4.52. The predicted octanol–water partition coefficient (Wildman–Crippen LogP) is 1.93. The molecule has 18 heavy (non-hydrogen) atoms. The Morgan fingerprint density at radius 2 is 2.11 bits per heavy atom. The molecule has 0 spiro atoms. The number of rotatable bonds is 5. The second-order valence-electron chi connectivity index (χ2n) is 4.52. The molecule has 0 amide bonds. The molecule has 0 bridgehead atoms. The Bertz CT molecular complexity index is 400. The number of morpholine rings is 1. The van der Waals surface area contributed by atoms with Crippen LogP contribution in [0.5, 0.6) is 0 Å². The number of hydrogen-bond donors (Lipinski definition) is 1. The summed E-state index contributed by atoms with van der Waals surface area (Å²) in [7, 11) is 0. The minimum atomic E-state index is -0.723. The van der Waals surface area contributed by atoms with Crippen molar-refractivity contribution in [2.24, 2.45) is 0 Å². The van der Waals surface area contributed by atoms with Crippen molar-refractivity contribution in [1.82, 2.24) is 0 Å². The van der Waals surface area contributed by atoms with E-state index in [-0.39, 0.29) is 6.42 Å².